The standard InChI is InChI=1S/C31H37N3O6S/c1-22-19-34(23(2)21-35)41(37,38)30-16-15-25(14-13-24-9-6-5-7-10-24)17-28(30)40-29(22)20-33(3)31(36)32-26-11-8-12-27(18-26)39-4/h5-18,22-23,29,35H,19-21H2,1-4H3,(H,32,36)/b14-13+/t22-,23-,29+/m1/s1. The van der Waals surface area contributed by atoms with Crippen LogP contribution in [0.15, 0.2) is 77.7 Å². The molecule has 9 nitrogen and oxygen atoms in total. The number of sulfonamides is 1. The molecule has 3 atom stereocenters. The van der Waals surface area contributed by atoms with E-state index >= 15 is 0 Å². The SMILES string of the molecule is COc1cccc(NC(=O)N(C)C[C@@H]2Oc3cc(/C=C/c4ccccc4)ccc3S(=O)(=O)N([C@H](C)CO)C[C@H]2C)c1. The molecule has 2 N–H and O–H groups in total. The topological polar surface area (TPSA) is 108 Å². The smallest absolute Gasteiger partial charge is 0.321 e. The van der Waals surface area contributed by atoms with Gasteiger partial charge in [0.15, 0.2) is 0 Å². The van der Waals surface area contributed by atoms with Crippen LogP contribution in [0.5, 0.6) is 11.5 Å². The monoisotopic (exact) mass is 579 g/mol. The Kier molecular flexibility index (Phi) is 9.69. The molecule has 4 rings (SSSR count). The van der Waals surface area contributed by atoms with Crippen LogP contribution >= 0.6 is 0 Å². The summed E-state index contributed by atoms with van der Waals surface area (Å²) in [4.78, 5) is 14.6. The van der Waals surface area contributed by atoms with Crippen LogP contribution in [0.4, 0.5) is 10.5 Å². The first-order chi connectivity index (χ1) is 19.6. The lowest BCUT2D eigenvalue weighted by molar-refractivity contribution is 0.0830. The number of ether oxygens (including phenoxy) is 2. The average Bonchev–Trinajstić information content (AvgIpc) is 2.97. The molecule has 10 heteroatoms. The van der Waals surface area contributed by atoms with Crippen LogP contribution in [0, 0.1) is 5.92 Å². The Morgan fingerprint density at radius 3 is 2.56 bits per heavy atom. The molecule has 0 saturated heterocycles. The fourth-order valence-corrected chi connectivity index (χ4v) is 6.42. The molecule has 3 aromatic carbocycles. The molecule has 0 aliphatic carbocycles. The summed E-state index contributed by atoms with van der Waals surface area (Å²) in [5.41, 5.74) is 2.36. The number of carbonyl (C=O) groups excluding carboxylic acids is 1. The minimum Gasteiger partial charge on any atom is -0.497 e. The van der Waals surface area contributed by atoms with Crippen molar-refractivity contribution in [3.8, 4) is 11.5 Å². The summed E-state index contributed by atoms with van der Waals surface area (Å²) in [5.74, 6) is 0.520. The van der Waals surface area contributed by atoms with E-state index in [1.807, 2.05) is 49.4 Å². The third kappa shape index (κ3) is 7.27. The van der Waals surface area contributed by atoms with Gasteiger partial charge in [-0.1, -0.05) is 61.5 Å². The number of amides is 2. The first-order valence-electron chi connectivity index (χ1n) is 13.4. The second-order valence-electron chi connectivity index (χ2n) is 10.2. The van der Waals surface area contributed by atoms with Crippen molar-refractivity contribution >= 4 is 33.9 Å². The molecule has 41 heavy (non-hydrogen) atoms. The Labute approximate surface area is 242 Å². The molecule has 0 unspecified atom stereocenters. The number of nitrogens with one attached hydrogen (secondary N) is 1. The van der Waals surface area contributed by atoms with E-state index < -0.39 is 22.2 Å². The maximum atomic E-state index is 13.7. The molecule has 0 spiro atoms. The molecular weight excluding hydrogens is 542 g/mol. The summed E-state index contributed by atoms with van der Waals surface area (Å²) in [6.07, 6.45) is 3.30. The molecule has 3 aromatic rings. The number of carbonyl (C=O) groups is 1. The van der Waals surface area contributed by atoms with Crippen molar-refractivity contribution in [2.24, 2.45) is 5.92 Å². The minimum absolute atomic E-state index is 0.0232. The normalized spacial score (nSPS) is 19.3. The van der Waals surface area contributed by atoms with E-state index in [0.29, 0.717) is 11.4 Å². The van der Waals surface area contributed by atoms with Crippen LogP contribution in [0.1, 0.15) is 25.0 Å². The van der Waals surface area contributed by atoms with Gasteiger partial charge in [0.1, 0.15) is 22.5 Å². The molecule has 0 bridgehead atoms. The molecule has 0 fully saturated rings. The van der Waals surface area contributed by atoms with E-state index in [2.05, 4.69) is 5.32 Å². The highest BCUT2D eigenvalue weighted by molar-refractivity contribution is 7.89. The van der Waals surface area contributed by atoms with Gasteiger partial charge in [-0.3, -0.25) is 0 Å². The fraction of sp³-hybridized carbons (Fsp3) is 0.323. The lowest BCUT2D eigenvalue weighted by Crippen LogP contribution is -2.50. The zero-order valence-electron chi connectivity index (χ0n) is 23.7. The first kappa shape index (κ1) is 30.1. The number of rotatable bonds is 8. The molecule has 1 aliphatic heterocycles. The maximum absolute atomic E-state index is 13.7. The number of hydrogen-bond donors (Lipinski definition) is 2. The van der Waals surface area contributed by atoms with Gasteiger partial charge in [0.2, 0.25) is 10.0 Å². The molecule has 0 aromatic heterocycles. The van der Waals surface area contributed by atoms with E-state index in [9.17, 15) is 18.3 Å². The van der Waals surface area contributed by atoms with Crippen LogP contribution < -0.4 is 14.8 Å². The Morgan fingerprint density at radius 2 is 1.85 bits per heavy atom. The van der Waals surface area contributed by atoms with Gasteiger partial charge < -0.3 is 24.8 Å². The number of aliphatic hydroxyl groups is 1. The lowest BCUT2D eigenvalue weighted by atomic mass is 10.0. The van der Waals surface area contributed by atoms with E-state index in [-0.39, 0.29) is 42.3 Å². The number of nitrogens with zero attached hydrogens (tertiary/aromatic N) is 2. The molecule has 0 radical (unpaired) electrons. The van der Waals surface area contributed by atoms with Gasteiger partial charge in [-0.25, -0.2) is 13.2 Å². The fourth-order valence-electron chi connectivity index (χ4n) is 4.59. The van der Waals surface area contributed by atoms with Crippen molar-refractivity contribution < 1.29 is 27.8 Å². The van der Waals surface area contributed by atoms with Crippen LogP contribution in [-0.4, -0.2) is 74.8 Å². The number of hydrogen-bond acceptors (Lipinski definition) is 6. The Hall–Kier alpha value is -3.86. The Morgan fingerprint density at radius 1 is 1.12 bits per heavy atom. The minimum atomic E-state index is -3.97. The zero-order valence-corrected chi connectivity index (χ0v) is 24.5. The number of methoxy groups -OCH3 is 1. The third-order valence-electron chi connectivity index (χ3n) is 7.08. The summed E-state index contributed by atoms with van der Waals surface area (Å²) in [7, 11) is -0.747. The second kappa shape index (κ2) is 13.2. The lowest BCUT2D eigenvalue weighted by Gasteiger charge is -2.37. The number of anilines is 1. The quantitative estimate of drug-likeness (QED) is 0.371. The Bertz CT molecular complexity index is 1480. The summed E-state index contributed by atoms with van der Waals surface area (Å²) in [5, 5.41) is 12.7. The van der Waals surface area contributed by atoms with Gasteiger partial charge >= 0.3 is 6.03 Å². The largest absolute Gasteiger partial charge is 0.497 e. The Balaban J connectivity index is 1.64. The van der Waals surface area contributed by atoms with Gasteiger partial charge in [-0.05, 0) is 42.3 Å². The molecule has 1 heterocycles. The number of fused-ring (bicyclic) bond motifs is 1. The number of aliphatic hydroxyl groups excluding tert-OH is 1. The second-order valence-corrected chi connectivity index (χ2v) is 12.1. The van der Waals surface area contributed by atoms with Crippen LogP contribution in [0.3, 0.4) is 0 Å². The van der Waals surface area contributed by atoms with Gasteiger partial charge in [-0.15, -0.1) is 0 Å². The van der Waals surface area contributed by atoms with E-state index in [0.717, 1.165) is 11.1 Å². The van der Waals surface area contributed by atoms with Crippen molar-refractivity contribution in [3.05, 3.63) is 83.9 Å². The van der Waals surface area contributed by atoms with Crippen LogP contribution in [-0.2, 0) is 10.0 Å². The van der Waals surface area contributed by atoms with Gasteiger partial charge in [0, 0.05) is 37.3 Å². The van der Waals surface area contributed by atoms with Crippen LogP contribution in [0.25, 0.3) is 12.2 Å². The maximum Gasteiger partial charge on any atom is 0.321 e. The van der Waals surface area contributed by atoms with Crippen molar-refractivity contribution in [1.29, 1.82) is 0 Å². The predicted molar refractivity (Wildman–Crippen MR) is 160 cm³/mol. The van der Waals surface area contributed by atoms with Crippen molar-refractivity contribution in [2.45, 2.75) is 30.9 Å². The summed E-state index contributed by atoms with van der Waals surface area (Å²) < 4.78 is 40.4. The van der Waals surface area contributed by atoms with Crippen molar-refractivity contribution in [1.82, 2.24) is 9.21 Å². The van der Waals surface area contributed by atoms with Crippen LogP contribution in [0.2, 0.25) is 0 Å². The molecule has 218 valence electrons. The van der Waals surface area contributed by atoms with Crippen molar-refractivity contribution in [3.63, 3.8) is 0 Å². The average molecular weight is 580 g/mol. The highest BCUT2D eigenvalue weighted by Crippen LogP contribution is 2.34. The summed E-state index contributed by atoms with van der Waals surface area (Å²) in [6.45, 7) is 3.55. The van der Waals surface area contributed by atoms with Crippen molar-refractivity contribution in [2.75, 3.05) is 39.2 Å². The first-order valence-corrected chi connectivity index (χ1v) is 14.9. The molecular formula is C31H37N3O6S. The zero-order chi connectivity index (χ0) is 29.6. The molecule has 0 saturated carbocycles. The number of benzene rings is 3. The number of likely N-dealkylation sites (N-methyl/N-ethyl adjacent to an activating group) is 1. The predicted octanol–water partition coefficient (Wildman–Crippen LogP) is 4.80. The van der Waals surface area contributed by atoms with Gasteiger partial charge in [0.25, 0.3) is 0 Å². The molecule has 1 aliphatic rings. The van der Waals surface area contributed by atoms with Gasteiger partial charge in [-0.2, -0.15) is 4.31 Å². The molecule has 2 amide bonds. The number of urea groups is 1. The highest BCUT2D eigenvalue weighted by atomic mass is 32.2. The van der Waals surface area contributed by atoms with E-state index in [1.54, 1.807) is 63.5 Å². The van der Waals surface area contributed by atoms with E-state index in [1.165, 1.54) is 9.21 Å². The summed E-state index contributed by atoms with van der Waals surface area (Å²) >= 11 is 0. The highest BCUT2D eigenvalue weighted by Gasteiger charge is 2.38. The summed E-state index contributed by atoms with van der Waals surface area (Å²) in [6, 6.07) is 20.8. The van der Waals surface area contributed by atoms with Gasteiger partial charge in [0.05, 0.1) is 20.3 Å². The third-order valence-corrected chi connectivity index (χ3v) is 9.10. The van der Waals surface area contributed by atoms with E-state index in [4.69, 9.17) is 9.47 Å².